The molecule has 3 aromatic heterocycles. The first-order valence-electron chi connectivity index (χ1n) is 5.79. The molecule has 0 aliphatic rings. The second kappa shape index (κ2) is 4.81. The molecule has 0 fully saturated rings. The molecule has 0 aliphatic heterocycles. The Labute approximate surface area is 112 Å². The lowest BCUT2D eigenvalue weighted by Crippen LogP contribution is -2.16. The van der Waals surface area contributed by atoms with E-state index in [1.165, 1.54) is 16.1 Å². The number of nitrogens with one attached hydrogen (secondary N) is 1. The van der Waals surface area contributed by atoms with Crippen LogP contribution >= 0.6 is 11.5 Å². The Morgan fingerprint density at radius 1 is 1.53 bits per heavy atom. The van der Waals surface area contributed by atoms with Gasteiger partial charge in [-0.05, 0) is 19.1 Å². The van der Waals surface area contributed by atoms with Crippen LogP contribution in [-0.2, 0) is 6.54 Å². The average molecular weight is 277 g/mol. The molecule has 7 nitrogen and oxygen atoms in total. The van der Waals surface area contributed by atoms with E-state index in [9.17, 15) is 4.79 Å². The van der Waals surface area contributed by atoms with E-state index in [2.05, 4.69) is 19.9 Å². The van der Waals surface area contributed by atoms with Gasteiger partial charge in [0.05, 0.1) is 6.54 Å². The number of fused-ring (bicyclic) bond motifs is 1. The van der Waals surface area contributed by atoms with Crippen LogP contribution in [0, 0.1) is 0 Å². The van der Waals surface area contributed by atoms with Gasteiger partial charge in [-0.3, -0.25) is 4.57 Å². The Balaban J connectivity index is 2.03. The lowest BCUT2D eigenvalue weighted by atomic mass is 10.4. The summed E-state index contributed by atoms with van der Waals surface area (Å²) in [4.78, 5) is 16.0. The highest BCUT2D eigenvalue weighted by Gasteiger charge is 2.14. The number of anilines is 1. The van der Waals surface area contributed by atoms with E-state index in [1.54, 1.807) is 18.3 Å². The van der Waals surface area contributed by atoms with Crippen molar-refractivity contribution >= 4 is 27.8 Å². The molecule has 0 unspecified atom stereocenters. The Kier molecular flexibility index (Phi) is 3.00. The van der Waals surface area contributed by atoms with Gasteiger partial charge in [0.25, 0.3) is 0 Å². The molecule has 0 aromatic carbocycles. The summed E-state index contributed by atoms with van der Waals surface area (Å²) < 4.78 is 10.5. The van der Waals surface area contributed by atoms with Crippen LogP contribution < -0.4 is 11.1 Å². The minimum atomic E-state index is -0.441. The predicted octanol–water partition coefficient (Wildman–Crippen LogP) is 1.32. The van der Waals surface area contributed by atoms with Crippen LogP contribution in [-0.4, -0.2) is 25.7 Å². The molecule has 8 heteroatoms. The predicted molar refractivity (Wildman–Crippen MR) is 71.4 cm³/mol. The molecule has 0 atom stereocenters. The zero-order valence-corrected chi connectivity index (χ0v) is 11.0. The molecule has 98 valence electrons. The fourth-order valence-corrected chi connectivity index (χ4v) is 2.44. The van der Waals surface area contributed by atoms with E-state index in [0.717, 1.165) is 11.5 Å². The van der Waals surface area contributed by atoms with Gasteiger partial charge >= 0.3 is 5.76 Å². The van der Waals surface area contributed by atoms with Crippen LogP contribution in [0.5, 0.6) is 0 Å². The van der Waals surface area contributed by atoms with Crippen LogP contribution in [0.4, 0.5) is 5.00 Å². The normalized spacial score (nSPS) is 11.0. The monoisotopic (exact) mass is 277 g/mol. The van der Waals surface area contributed by atoms with E-state index in [-0.39, 0.29) is 0 Å². The molecular weight excluding hydrogens is 266 g/mol. The molecule has 0 amide bonds. The van der Waals surface area contributed by atoms with Crippen LogP contribution in [0.3, 0.4) is 0 Å². The number of hydrogen-bond donors (Lipinski definition) is 1. The second-order valence-corrected chi connectivity index (χ2v) is 4.61. The number of hydrogen-bond acceptors (Lipinski definition) is 7. The van der Waals surface area contributed by atoms with Gasteiger partial charge in [-0.25, -0.2) is 9.78 Å². The van der Waals surface area contributed by atoms with Gasteiger partial charge in [0.1, 0.15) is 10.7 Å². The zero-order chi connectivity index (χ0) is 13.2. The number of aromatic nitrogens is 4. The van der Waals surface area contributed by atoms with Crippen molar-refractivity contribution in [1.82, 2.24) is 19.1 Å². The van der Waals surface area contributed by atoms with Crippen LogP contribution in [0.1, 0.15) is 12.6 Å². The summed E-state index contributed by atoms with van der Waals surface area (Å²) in [5.41, 5.74) is 1.70. The summed E-state index contributed by atoms with van der Waals surface area (Å²) in [5.74, 6) is -0.441. The van der Waals surface area contributed by atoms with Gasteiger partial charge in [-0.1, -0.05) is 4.49 Å². The third-order valence-electron chi connectivity index (χ3n) is 2.63. The molecular formula is C11H11N5O2S. The van der Waals surface area contributed by atoms with Crippen molar-refractivity contribution in [3.05, 3.63) is 34.6 Å². The molecule has 0 bridgehead atoms. The Morgan fingerprint density at radius 2 is 2.42 bits per heavy atom. The summed E-state index contributed by atoms with van der Waals surface area (Å²) in [6, 6.07) is 3.44. The van der Waals surface area contributed by atoms with Gasteiger partial charge in [0, 0.05) is 24.3 Å². The number of nitrogens with zero attached hydrogens (tertiary/aromatic N) is 4. The summed E-state index contributed by atoms with van der Waals surface area (Å²) in [6.45, 7) is 3.06. The lowest BCUT2D eigenvalue weighted by Gasteiger charge is -2.02. The van der Waals surface area contributed by atoms with Crippen molar-refractivity contribution in [3.8, 4) is 0 Å². The van der Waals surface area contributed by atoms with Crippen LogP contribution in [0.2, 0.25) is 0 Å². The van der Waals surface area contributed by atoms with Gasteiger partial charge in [0.2, 0.25) is 0 Å². The fourth-order valence-electron chi connectivity index (χ4n) is 1.80. The van der Waals surface area contributed by atoms with E-state index in [1.807, 2.05) is 6.92 Å². The molecule has 3 rings (SSSR count). The van der Waals surface area contributed by atoms with Crippen LogP contribution in [0.15, 0.2) is 27.5 Å². The lowest BCUT2D eigenvalue weighted by molar-refractivity contribution is 0.516. The molecule has 19 heavy (non-hydrogen) atoms. The van der Waals surface area contributed by atoms with Gasteiger partial charge in [0.15, 0.2) is 11.2 Å². The molecule has 1 N–H and O–H groups in total. The highest BCUT2D eigenvalue weighted by molar-refractivity contribution is 7.10. The van der Waals surface area contributed by atoms with Crippen LogP contribution in [0.25, 0.3) is 11.2 Å². The standard InChI is InChI=1S/C11H11N5O2S/c1-2-12-10-7(14-15-19-10)6-16-9-8(18-11(16)17)4-3-5-13-9/h3-5,12H,2,6H2,1H3. The highest BCUT2D eigenvalue weighted by Crippen LogP contribution is 2.19. The number of rotatable bonds is 4. The SMILES string of the molecule is CCNc1snnc1Cn1c(=O)oc2cccnc21. The minimum Gasteiger partial charge on any atom is -0.406 e. The van der Waals surface area contributed by atoms with E-state index in [0.29, 0.717) is 23.5 Å². The van der Waals surface area contributed by atoms with E-state index in [4.69, 9.17) is 4.42 Å². The molecule has 0 aliphatic carbocycles. The van der Waals surface area contributed by atoms with Crippen molar-refractivity contribution in [2.45, 2.75) is 13.5 Å². The maximum Gasteiger partial charge on any atom is 0.421 e. The second-order valence-electron chi connectivity index (χ2n) is 3.86. The van der Waals surface area contributed by atoms with Gasteiger partial charge in [-0.2, -0.15) is 0 Å². The van der Waals surface area contributed by atoms with E-state index >= 15 is 0 Å². The molecule has 0 spiro atoms. The maximum absolute atomic E-state index is 11.8. The minimum absolute atomic E-state index is 0.293. The van der Waals surface area contributed by atoms with E-state index < -0.39 is 5.76 Å². The van der Waals surface area contributed by atoms with Crippen molar-refractivity contribution < 1.29 is 4.42 Å². The molecule has 3 heterocycles. The van der Waals surface area contributed by atoms with Gasteiger partial charge in [-0.15, -0.1) is 5.10 Å². The van der Waals surface area contributed by atoms with Gasteiger partial charge < -0.3 is 9.73 Å². The molecule has 0 saturated carbocycles. The molecule has 0 radical (unpaired) electrons. The largest absolute Gasteiger partial charge is 0.421 e. The van der Waals surface area contributed by atoms with Crippen molar-refractivity contribution in [2.24, 2.45) is 0 Å². The Hall–Kier alpha value is -2.22. The van der Waals surface area contributed by atoms with Crippen molar-refractivity contribution in [2.75, 3.05) is 11.9 Å². The zero-order valence-electron chi connectivity index (χ0n) is 10.2. The van der Waals surface area contributed by atoms with Crippen molar-refractivity contribution in [3.63, 3.8) is 0 Å². The third-order valence-corrected chi connectivity index (χ3v) is 3.35. The smallest absolute Gasteiger partial charge is 0.406 e. The first kappa shape index (κ1) is 11.8. The average Bonchev–Trinajstić information content (AvgIpc) is 2.97. The summed E-state index contributed by atoms with van der Waals surface area (Å²) in [6.07, 6.45) is 1.62. The molecule has 0 saturated heterocycles. The first-order chi connectivity index (χ1) is 9.29. The Morgan fingerprint density at radius 3 is 3.26 bits per heavy atom. The first-order valence-corrected chi connectivity index (χ1v) is 6.56. The quantitative estimate of drug-likeness (QED) is 0.774. The third kappa shape index (κ3) is 2.10. The van der Waals surface area contributed by atoms with Crippen molar-refractivity contribution in [1.29, 1.82) is 0 Å². The summed E-state index contributed by atoms with van der Waals surface area (Å²) >= 11 is 1.27. The Bertz CT molecular complexity index is 760. The summed E-state index contributed by atoms with van der Waals surface area (Å²) in [5, 5.41) is 8.06. The molecule has 3 aromatic rings. The fraction of sp³-hybridized carbons (Fsp3) is 0.273. The number of pyridine rings is 1. The maximum atomic E-state index is 11.8. The highest BCUT2D eigenvalue weighted by atomic mass is 32.1. The summed E-state index contributed by atoms with van der Waals surface area (Å²) in [7, 11) is 0. The number of oxazole rings is 1. The topological polar surface area (TPSA) is 85.8 Å².